The molecule has 0 fully saturated rings. The van der Waals surface area contributed by atoms with Crippen molar-refractivity contribution in [3.8, 4) is 11.5 Å². The van der Waals surface area contributed by atoms with Crippen LogP contribution in [-0.4, -0.2) is 11.9 Å². The van der Waals surface area contributed by atoms with Crippen molar-refractivity contribution in [3.63, 3.8) is 0 Å². The Morgan fingerprint density at radius 2 is 1.63 bits per heavy atom. The van der Waals surface area contributed by atoms with E-state index >= 15 is 0 Å². The van der Waals surface area contributed by atoms with Gasteiger partial charge in [-0.2, -0.15) is 0 Å². The maximum absolute atomic E-state index is 12.5. The number of hydrogen-bond donors (Lipinski definition) is 3. The molecule has 1 atom stereocenters. The Morgan fingerprint density at radius 3 is 2.37 bits per heavy atom. The summed E-state index contributed by atoms with van der Waals surface area (Å²) < 4.78 is 5.85. The van der Waals surface area contributed by atoms with E-state index in [2.05, 4.69) is 10.6 Å². The molecule has 0 saturated carbocycles. The Labute approximate surface area is 176 Å². The molecule has 0 aliphatic rings. The van der Waals surface area contributed by atoms with Gasteiger partial charge in [-0.25, -0.2) is 4.79 Å². The van der Waals surface area contributed by atoms with Crippen molar-refractivity contribution in [2.24, 2.45) is 5.73 Å². The number of para-hydroxylation sites is 1. The van der Waals surface area contributed by atoms with E-state index in [0.717, 1.165) is 16.7 Å². The number of benzene rings is 3. The number of rotatable bonds is 8. The van der Waals surface area contributed by atoms with Crippen LogP contribution in [0.4, 0.5) is 4.79 Å². The normalized spacial score (nSPS) is 11.4. The molecule has 3 amide bonds. The van der Waals surface area contributed by atoms with Gasteiger partial charge in [0.15, 0.2) is 0 Å². The van der Waals surface area contributed by atoms with E-state index in [9.17, 15) is 9.59 Å². The summed E-state index contributed by atoms with van der Waals surface area (Å²) in [7, 11) is 0. The van der Waals surface area contributed by atoms with Crippen molar-refractivity contribution < 1.29 is 14.3 Å². The lowest BCUT2D eigenvalue weighted by Crippen LogP contribution is -2.36. The van der Waals surface area contributed by atoms with Gasteiger partial charge in [-0.1, -0.05) is 54.6 Å². The molecule has 0 aromatic heterocycles. The molecular weight excluding hydrogens is 378 g/mol. The third-order valence-electron chi connectivity index (χ3n) is 4.68. The van der Waals surface area contributed by atoms with Crippen LogP contribution in [0.2, 0.25) is 0 Å². The molecule has 4 N–H and O–H groups in total. The van der Waals surface area contributed by atoms with Gasteiger partial charge in [0, 0.05) is 6.54 Å². The highest BCUT2D eigenvalue weighted by Gasteiger charge is 2.18. The van der Waals surface area contributed by atoms with E-state index in [0.29, 0.717) is 18.0 Å². The van der Waals surface area contributed by atoms with E-state index in [1.807, 2.05) is 79.7 Å². The Bertz CT molecular complexity index is 1010. The standard InChI is InChI=1S/C24H25N3O3/c1-17-8-5-6-9-19(17)16-26-23(28)15-22(27-24(25)29)18-10-7-13-21(14-18)30-20-11-3-2-4-12-20/h2-14,22H,15-16H2,1H3,(H,26,28)(H3,25,27,29)/t22-/m1/s1. The molecule has 0 spiro atoms. The summed E-state index contributed by atoms with van der Waals surface area (Å²) in [6.07, 6.45) is 0.0591. The molecule has 0 saturated heterocycles. The van der Waals surface area contributed by atoms with Crippen molar-refractivity contribution in [3.05, 3.63) is 95.6 Å². The van der Waals surface area contributed by atoms with Crippen LogP contribution in [-0.2, 0) is 11.3 Å². The predicted molar refractivity (Wildman–Crippen MR) is 116 cm³/mol. The quantitative estimate of drug-likeness (QED) is 0.526. The van der Waals surface area contributed by atoms with Gasteiger partial charge >= 0.3 is 6.03 Å². The molecule has 0 aliphatic carbocycles. The molecule has 0 radical (unpaired) electrons. The average Bonchev–Trinajstić information content (AvgIpc) is 2.73. The summed E-state index contributed by atoms with van der Waals surface area (Å²) >= 11 is 0. The first-order valence-electron chi connectivity index (χ1n) is 9.71. The lowest BCUT2D eigenvalue weighted by Gasteiger charge is -2.19. The third-order valence-corrected chi connectivity index (χ3v) is 4.68. The van der Waals surface area contributed by atoms with Crippen LogP contribution in [0.1, 0.15) is 29.2 Å². The molecule has 0 unspecified atom stereocenters. The fraction of sp³-hybridized carbons (Fsp3) is 0.167. The van der Waals surface area contributed by atoms with Gasteiger partial charge in [0.1, 0.15) is 11.5 Å². The minimum absolute atomic E-state index is 0.0591. The number of aryl methyl sites for hydroxylation is 1. The SMILES string of the molecule is Cc1ccccc1CNC(=O)C[C@@H](NC(N)=O)c1cccc(Oc2ccccc2)c1. The zero-order chi connectivity index (χ0) is 21.3. The minimum atomic E-state index is -0.693. The summed E-state index contributed by atoms with van der Waals surface area (Å²) in [4.78, 5) is 24.0. The minimum Gasteiger partial charge on any atom is -0.457 e. The van der Waals surface area contributed by atoms with E-state index < -0.39 is 12.1 Å². The number of amides is 3. The zero-order valence-electron chi connectivity index (χ0n) is 16.8. The first-order valence-corrected chi connectivity index (χ1v) is 9.71. The van der Waals surface area contributed by atoms with Crippen LogP contribution < -0.4 is 21.1 Å². The lowest BCUT2D eigenvalue weighted by atomic mass is 10.0. The summed E-state index contributed by atoms with van der Waals surface area (Å²) in [6.45, 7) is 2.42. The molecule has 6 nitrogen and oxygen atoms in total. The van der Waals surface area contributed by atoms with E-state index in [4.69, 9.17) is 10.5 Å². The van der Waals surface area contributed by atoms with Crippen LogP contribution >= 0.6 is 0 Å². The molecule has 3 aromatic rings. The van der Waals surface area contributed by atoms with Crippen LogP contribution in [0.15, 0.2) is 78.9 Å². The number of primary amides is 1. The highest BCUT2D eigenvalue weighted by atomic mass is 16.5. The van der Waals surface area contributed by atoms with Crippen molar-refractivity contribution >= 4 is 11.9 Å². The number of carbonyl (C=O) groups excluding carboxylic acids is 2. The number of ether oxygens (including phenoxy) is 1. The molecule has 6 heteroatoms. The van der Waals surface area contributed by atoms with Crippen molar-refractivity contribution in [1.29, 1.82) is 0 Å². The smallest absolute Gasteiger partial charge is 0.312 e. The van der Waals surface area contributed by atoms with E-state index in [-0.39, 0.29) is 12.3 Å². The van der Waals surface area contributed by atoms with Gasteiger partial charge < -0.3 is 21.1 Å². The van der Waals surface area contributed by atoms with Gasteiger partial charge in [0.05, 0.1) is 12.5 Å². The number of urea groups is 1. The van der Waals surface area contributed by atoms with Crippen LogP contribution in [0.3, 0.4) is 0 Å². The molecular formula is C24H25N3O3. The predicted octanol–water partition coefficient (Wildman–Crippen LogP) is 4.20. The van der Waals surface area contributed by atoms with Crippen molar-refractivity contribution in [2.45, 2.75) is 25.9 Å². The fourth-order valence-electron chi connectivity index (χ4n) is 3.10. The molecule has 0 aliphatic heterocycles. The molecule has 0 bridgehead atoms. The number of nitrogens with two attached hydrogens (primary N) is 1. The topological polar surface area (TPSA) is 93.5 Å². The van der Waals surface area contributed by atoms with E-state index in [1.165, 1.54) is 0 Å². The molecule has 154 valence electrons. The Morgan fingerprint density at radius 1 is 0.933 bits per heavy atom. The van der Waals surface area contributed by atoms with E-state index in [1.54, 1.807) is 6.07 Å². The zero-order valence-corrected chi connectivity index (χ0v) is 16.8. The second-order valence-electron chi connectivity index (χ2n) is 6.96. The van der Waals surface area contributed by atoms with Gasteiger partial charge in [-0.05, 0) is 47.9 Å². The Kier molecular flexibility index (Phi) is 7.05. The monoisotopic (exact) mass is 403 g/mol. The number of nitrogens with one attached hydrogen (secondary N) is 2. The summed E-state index contributed by atoms with van der Waals surface area (Å²) in [5, 5.41) is 5.56. The largest absolute Gasteiger partial charge is 0.457 e. The van der Waals surface area contributed by atoms with Crippen LogP contribution in [0.25, 0.3) is 0 Å². The van der Waals surface area contributed by atoms with Crippen LogP contribution in [0.5, 0.6) is 11.5 Å². The number of hydrogen-bond acceptors (Lipinski definition) is 3. The highest BCUT2D eigenvalue weighted by Crippen LogP contribution is 2.26. The summed E-state index contributed by atoms with van der Waals surface area (Å²) in [6, 6.07) is 23.2. The highest BCUT2D eigenvalue weighted by molar-refractivity contribution is 5.78. The van der Waals surface area contributed by atoms with Gasteiger partial charge in [0.25, 0.3) is 0 Å². The summed E-state index contributed by atoms with van der Waals surface area (Å²) in [5.74, 6) is 1.12. The maximum Gasteiger partial charge on any atom is 0.312 e. The molecule has 3 rings (SSSR count). The molecule has 0 heterocycles. The Balaban J connectivity index is 1.69. The maximum atomic E-state index is 12.5. The summed E-state index contributed by atoms with van der Waals surface area (Å²) in [5.41, 5.74) is 8.22. The third kappa shape index (κ3) is 6.10. The molecule has 30 heavy (non-hydrogen) atoms. The second kappa shape index (κ2) is 10.1. The average molecular weight is 403 g/mol. The van der Waals surface area contributed by atoms with Gasteiger partial charge in [0.2, 0.25) is 5.91 Å². The van der Waals surface area contributed by atoms with Gasteiger partial charge in [-0.3, -0.25) is 4.79 Å². The first-order chi connectivity index (χ1) is 14.5. The number of carbonyl (C=O) groups is 2. The Hall–Kier alpha value is -3.80. The second-order valence-corrected chi connectivity index (χ2v) is 6.96. The van der Waals surface area contributed by atoms with Crippen LogP contribution in [0, 0.1) is 6.92 Å². The van der Waals surface area contributed by atoms with Crippen molar-refractivity contribution in [2.75, 3.05) is 0 Å². The van der Waals surface area contributed by atoms with Gasteiger partial charge in [-0.15, -0.1) is 0 Å². The fourth-order valence-corrected chi connectivity index (χ4v) is 3.10. The molecule has 3 aromatic carbocycles. The first kappa shape index (κ1) is 20.9. The van der Waals surface area contributed by atoms with Crippen molar-refractivity contribution in [1.82, 2.24) is 10.6 Å². The lowest BCUT2D eigenvalue weighted by molar-refractivity contribution is -0.121.